The first-order chi connectivity index (χ1) is 8.63. The van der Waals surface area contributed by atoms with Gasteiger partial charge in [-0.2, -0.15) is 17.2 Å². The lowest BCUT2D eigenvalue weighted by Gasteiger charge is -2.11. The lowest BCUT2D eigenvalue weighted by atomic mass is 10.5. The smallest absolute Gasteiger partial charge is 0.462 e. The van der Waals surface area contributed by atoms with Crippen LogP contribution in [0, 0.1) is 0 Å². The SMILES string of the molecule is CC=CC(=O)OCCCOC(=O)C(F)(F)S(=O)(=O)O. The third kappa shape index (κ3) is 5.75. The standard InChI is InChI=1S/C9H12F2O7S/c1-2-4-7(12)17-5-3-6-18-8(13)9(10,11)19(14,15)16/h2,4H,3,5-6H2,1H3,(H,14,15,16). The number of carbonyl (C=O) groups excluding carboxylic acids is 2. The molecular weight excluding hydrogens is 290 g/mol. The predicted octanol–water partition coefficient (Wildman–Crippen LogP) is 0.520. The highest BCUT2D eigenvalue weighted by Crippen LogP contribution is 2.22. The number of rotatable bonds is 7. The summed E-state index contributed by atoms with van der Waals surface area (Å²) in [6, 6.07) is 0. The minimum Gasteiger partial charge on any atom is -0.462 e. The van der Waals surface area contributed by atoms with Crippen molar-refractivity contribution in [1.29, 1.82) is 0 Å². The van der Waals surface area contributed by atoms with Crippen LogP contribution in [0.1, 0.15) is 13.3 Å². The van der Waals surface area contributed by atoms with Crippen molar-refractivity contribution in [1.82, 2.24) is 0 Å². The fourth-order valence-corrected chi connectivity index (χ4v) is 1.04. The molecule has 0 aliphatic carbocycles. The van der Waals surface area contributed by atoms with Gasteiger partial charge in [0.1, 0.15) is 0 Å². The van der Waals surface area contributed by atoms with Gasteiger partial charge in [-0.05, 0) is 6.92 Å². The molecule has 0 aliphatic rings. The zero-order valence-electron chi connectivity index (χ0n) is 9.84. The van der Waals surface area contributed by atoms with E-state index in [0.717, 1.165) is 6.08 Å². The highest BCUT2D eigenvalue weighted by atomic mass is 32.2. The summed E-state index contributed by atoms with van der Waals surface area (Å²) in [5.41, 5.74) is 0. The largest absolute Gasteiger partial charge is 0.465 e. The van der Waals surface area contributed by atoms with Crippen molar-refractivity contribution >= 4 is 22.1 Å². The summed E-state index contributed by atoms with van der Waals surface area (Å²) < 4.78 is 62.2. The Morgan fingerprint density at radius 3 is 2.26 bits per heavy atom. The van der Waals surface area contributed by atoms with Crippen LogP contribution in [0.3, 0.4) is 0 Å². The van der Waals surface area contributed by atoms with Crippen molar-refractivity contribution in [2.24, 2.45) is 0 Å². The molecule has 0 unspecified atom stereocenters. The third-order valence-corrected chi connectivity index (χ3v) is 2.45. The molecule has 0 radical (unpaired) electrons. The maximum absolute atomic E-state index is 12.7. The maximum Gasteiger partial charge on any atom is 0.465 e. The molecule has 0 saturated heterocycles. The molecule has 0 spiro atoms. The highest BCUT2D eigenvalue weighted by Gasteiger charge is 2.54. The summed E-state index contributed by atoms with van der Waals surface area (Å²) in [6.45, 7) is 0.793. The molecule has 0 atom stereocenters. The summed E-state index contributed by atoms with van der Waals surface area (Å²) in [5.74, 6) is -3.05. The predicted molar refractivity (Wildman–Crippen MR) is 57.8 cm³/mol. The van der Waals surface area contributed by atoms with Gasteiger partial charge in [-0.15, -0.1) is 0 Å². The Balaban J connectivity index is 4.04. The van der Waals surface area contributed by atoms with Crippen molar-refractivity contribution in [3.05, 3.63) is 12.2 Å². The fourth-order valence-electron chi connectivity index (χ4n) is 0.770. The molecule has 0 amide bonds. The van der Waals surface area contributed by atoms with Crippen LogP contribution in [0.4, 0.5) is 8.78 Å². The summed E-state index contributed by atoms with van der Waals surface area (Å²) in [4.78, 5) is 21.5. The minimum absolute atomic E-state index is 0.101. The number of carbonyl (C=O) groups is 2. The molecule has 0 aromatic rings. The number of hydrogen-bond donors (Lipinski definition) is 1. The molecule has 1 N–H and O–H groups in total. The minimum atomic E-state index is -5.87. The monoisotopic (exact) mass is 302 g/mol. The van der Waals surface area contributed by atoms with E-state index in [2.05, 4.69) is 9.47 Å². The number of ether oxygens (including phenoxy) is 2. The molecule has 0 fully saturated rings. The van der Waals surface area contributed by atoms with Gasteiger partial charge in [0.2, 0.25) is 0 Å². The van der Waals surface area contributed by atoms with Gasteiger partial charge in [-0.25, -0.2) is 9.59 Å². The molecule has 19 heavy (non-hydrogen) atoms. The number of esters is 2. The van der Waals surface area contributed by atoms with Gasteiger partial charge >= 0.3 is 27.3 Å². The van der Waals surface area contributed by atoms with Gasteiger partial charge in [-0.1, -0.05) is 6.08 Å². The molecule has 7 nitrogen and oxygen atoms in total. The molecule has 0 aromatic carbocycles. The molecule has 0 rings (SSSR count). The van der Waals surface area contributed by atoms with E-state index >= 15 is 0 Å². The zero-order valence-corrected chi connectivity index (χ0v) is 10.7. The second kappa shape index (κ2) is 7.14. The number of hydrogen-bond acceptors (Lipinski definition) is 6. The highest BCUT2D eigenvalue weighted by molar-refractivity contribution is 7.87. The molecular formula is C9H12F2O7S. The van der Waals surface area contributed by atoms with E-state index in [-0.39, 0.29) is 13.0 Å². The van der Waals surface area contributed by atoms with Crippen LogP contribution in [-0.4, -0.2) is 43.4 Å². The number of allylic oxidation sites excluding steroid dienone is 1. The summed E-state index contributed by atoms with van der Waals surface area (Å²) in [7, 11) is -5.87. The average Bonchev–Trinajstić information content (AvgIpc) is 2.27. The Morgan fingerprint density at radius 2 is 1.79 bits per heavy atom. The van der Waals surface area contributed by atoms with Gasteiger partial charge < -0.3 is 9.47 Å². The number of halogens is 2. The lowest BCUT2D eigenvalue weighted by molar-refractivity contribution is -0.161. The van der Waals surface area contributed by atoms with Crippen molar-refractivity contribution in [2.75, 3.05) is 13.2 Å². The molecule has 10 heteroatoms. The summed E-state index contributed by atoms with van der Waals surface area (Å²) in [5, 5.41) is -5.02. The van der Waals surface area contributed by atoms with Crippen LogP contribution >= 0.6 is 0 Å². The Labute approximate surface area is 107 Å². The van der Waals surface area contributed by atoms with Crippen molar-refractivity contribution in [3.8, 4) is 0 Å². The normalized spacial score (nSPS) is 12.4. The van der Waals surface area contributed by atoms with E-state index in [1.165, 1.54) is 6.08 Å². The van der Waals surface area contributed by atoms with E-state index in [9.17, 15) is 26.8 Å². The van der Waals surface area contributed by atoms with Crippen LogP contribution in [0.25, 0.3) is 0 Å². The van der Waals surface area contributed by atoms with E-state index in [4.69, 9.17) is 4.55 Å². The van der Waals surface area contributed by atoms with Crippen molar-refractivity contribution in [2.45, 2.75) is 18.6 Å². The Hall–Kier alpha value is -1.55. The Morgan fingerprint density at radius 1 is 1.26 bits per heavy atom. The third-order valence-electron chi connectivity index (χ3n) is 1.63. The molecule has 0 heterocycles. The van der Waals surface area contributed by atoms with Crippen LogP contribution in [0.15, 0.2) is 12.2 Å². The first kappa shape index (κ1) is 17.4. The first-order valence-corrected chi connectivity index (χ1v) is 6.38. The second-order valence-electron chi connectivity index (χ2n) is 3.15. The molecule has 0 bridgehead atoms. The van der Waals surface area contributed by atoms with Gasteiger partial charge in [0, 0.05) is 12.5 Å². The van der Waals surface area contributed by atoms with Crippen molar-refractivity contribution in [3.63, 3.8) is 0 Å². The quantitative estimate of drug-likeness (QED) is 0.316. The van der Waals surface area contributed by atoms with Crippen LogP contribution < -0.4 is 0 Å². The summed E-state index contributed by atoms with van der Waals surface area (Å²) in [6.07, 6.45) is 2.45. The van der Waals surface area contributed by atoms with Gasteiger partial charge in [0.05, 0.1) is 13.2 Å². The van der Waals surface area contributed by atoms with Crippen LogP contribution in [0.2, 0.25) is 0 Å². The van der Waals surface area contributed by atoms with Crippen molar-refractivity contribution < 1.29 is 40.8 Å². The Bertz CT molecular complexity index is 455. The van der Waals surface area contributed by atoms with E-state index < -0.39 is 33.9 Å². The second-order valence-corrected chi connectivity index (χ2v) is 4.61. The molecule has 110 valence electrons. The number of alkyl halides is 2. The fraction of sp³-hybridized carbons (Fsp3) is 0.556. The average molecular weight is 302 g/mol. The van der Waals surface area contributed by atoms with Crippen LogP contribution in [0.5, 0.6) is 0 Å². The van der Waals surface area contributed by atoms with Gasteiger partial charge in [0.25, 0.3) is 0 Å². The maximum atomic E-state index is 12.7. The molecule has 0 aromatic heterocycles. The summed E-state index contributed by atoms with van der Waals surface area (Å²) >= 11 is 0. The van der Waals surface area contributed by atoms with Crippen LogP contribution in [-0.2, 0) is 29.2 Å². The van der Waals surface area contributed by atoms with Gasteiger partial charge in [0.15, 0.2) is 0 Å². The van der Waals surface area contributed by atoms with E-state index in [0.29, 0.717) is 0 Å². The topological polar surface area (TPSA) is 107 Å². The van der Waals surface area contributed by atoms with Gasteiger partial charge in [-0.3, -0.25) is 4.55 Å². The van der Waals surface area contributed by atoms with E-state index in [1.54, 1.807) is 6.92 Å². The molecule has 0 aliphatic heterocycles. The zero-order chi connectivity index (χ0) is 15.1. The Kier molecular flexibility index (Phi) is 6.56. The van der Waals surface area contributed by atoms with E-state index in [1.807, 2.05) is 0 Å². The first-order valence-electron chi connectivity index (χ1n) is 4.94. The lowest BCUT2D eigenvalue weighted by Crippen LogP contribution is -2.39. The molecule has 0 saturated carbocycles.